The van der Waals surface area contributed by atoms with E-state index in [9.17, 15) is 19.2 Å². The van der Waals surface area contributed by atoms with Crippen molar-refractivity contribution in [3.8, 4) is 0 Å². The van der Waals surface area contributed by atoms with Gasteiger partial charge in [0.25, 0.3) is 5.91 Å². The number of benzene rings is 1. The van der Waals surface area contributed by atoms with Crippen molar-refractivity contribution in [2.45, 2.75) is 78.0 Å². The third-order valence-electron chi connectivity index (χ3n) is 8.28. The van der Waals surface area contributed by atoms with Crippen LogP contribution in [0, 0.1) is 11.3 Å². The van der Waals surface area contributed by atoms with E-state index in [2.05, 4.69) is 38.6 Å². The Morgan fingerprint density at radius 3 is 2.52 bits per heavy atom. The average Bonchev–Trinajstić information content (AvgIpc) is 3.25. The lowest BCUT2D eigenvalue weighted by Gasteiger charge is -2.36. The van der Waals surface area contributed by atoms with Crippen LogP contribution >= 0.6 is 15.9 Å². The molecule has 0 radical (unpaired) electrons. The van der Waals surface area contributed by atoms with Crippen LogP contribution in [0.1, 0.15) is 65.6 Å². The molecule has 226 valence electrons. The predicted molar refractivity (Wildman–Crippen MR) is 165 cm³/mol. The number of nitrogens with one attached hydrogen (secondary N) is 3. The van der Waals surface area contributed by atoms with Crippen LogP contribution in [0.4, 0.5) is 0 Å². The molecular formula is C31H41BrN6O4. The molecule has 4 amide bonds. The van der Waals surface area contributed by atoms with E-state index in [0.29, 0.717) is 32.4 Å². The molecule has 1 aromatic carbocycles. The minimum atomic E-state index is -0.850. The number of hydrogen-bond donors (Lipinski definition) is 3. The van der Waals surface area contributed by atoms with Crippen molar-refractivity contribution in [2.75, 3.05) is 13.1 Å². The summed E-state index contributed by atoms with van der Waals surface area (Å²) in [6.07, 6.45) is 3.43. The van der Waals surface area contributed by atoms with Gasteiger partial charge in [0.1, 0.15) is 18.1 Å². The summed E-state index contributed by atoms with van der Waals surface area (Å²) in [5, 5.41) is 8.25. The number of pyridine rings is 1. The molecule has 42 heavy (non-hydrogen) atoms. The van der Waals surface area contributed by atoms with E-state index in [1.165, 1.54) is 5.01 Å². The van der Waals surface area contributed by atoms with Crippen LogP contribution in [0.2, 0.25) is 0 Å². The lowest BCUT2D eigenvalue weighted by atomic mass is 9.89. The largest absolute Gasteiger partial charge is 0.347 e. The van der Waals surface area contributed by atoms with Crippen LogP contribution in [0.3, 0.4) is 0 Å². The Morgan fingerprint density at radius 2 is 1.86 bits per heavy atom. The molecule has 3 heterocycles. The number of aromatic nitrogens is 1. The predicted octanol–water partition coefficient (Wildman–Crippen LogP) is 3.62. The molecule has 5 atom stereocenters. The minimum Gasteiger partial charge on any atom is -0.347 e. The second kappa shape index (κ2) is 12.9. The summed E-state index contributed by atoms with van der Waals surface area (Å²) in [5.41, 5.74) is 3.92. The summed E-state index contributed by atoms with van der Waals surface area (Å²) in [6, 6.07) is 7.25. The van der Waals surface area contributed by atoms with Crippen LogP contribution in [0.15, 0.2) is 47.5 Å². The molecule has 0 spiro atoms. The summed E-state index contributed by atoms with van der Waals surface area (Å²) in [5.74, 6) is -1.22. The van der Waals surface area contributed by atoms with Gasteiger partial charge in [0, 0.05) is 22.9 Å². The van der Waals surface area contributed by atoms with E-state index in [0.717, 1.165) is 21.1 Å². The number of fused-ring (bicyclic) bond motifs is 1. The maximum Gasteiger partial charge on any atom is 0.258 e. The van der Waals surface area contributed by atoms with Gasteiger partial charge in [0.15, 0.2) is 0 Å². The van der Waals surface area contributed by atoms with Crippen molar-refractivity contribution in [2.24, 2.45) is 11.3 Å². The Kier molecular flexibility index (Phi) is 9.72. The molecular weight excluding hydrogens is 600 g/mol. The monoisotopic (exact) mass is 640 g/mol. The molecule has 2 saturated heterocycles. The fraction of sp³-hybridized carbons (Fsp3) is 0.516. The van der Waals surface area contributed by atoms with E-state index in [1.54, 1.807) is 17.9 Å². The first-order chi connectivity index (χ1) is 19.8. The molecule has 4 rings (SSSR count). The quantitative estimate of drug-likeness (QED) is 0.360. The number of likely N-dealkylation sites (tertiary alicyclic amines) is 1. The van der Waals surface area contributed by atoms with Crippen LogP contribution in [0.5, 0.6) is 0 Å². The molecule has 3 N–H and O–H groups in total. The van der Waals surface area contributed by atoms with Crippen molar-refractivity contribution in [3.63, 3.8) is 0 Å². The second-order valence-corrected chi connectivity index (χ2v) is 12.8. The first-order valence-electron chi connectivity index (χ1n) is 14.5. The number of hydrogen-bond acceptors (Lipinski definition) is 6. The molecule has 10 nitrogen and oxygen atoms in total. The minimum absolute atomic E-state index is 0.127. The third-order valence-corrected chi connectivity index (χ3v) is 8.78. The molecule has 2 aromatic rings. The molecule has 0 bridgehead atoms. The van der Waals surface area contributed by atoms with Gasteiger partial charge in [0.05, 0.1) is 22.7 Å². The molecule has 2 aliphatic rings. The fourth-order valence-electron chi connectivity index (χ4n) is 5.61. The summed E-state index contributed by atoms with van der Waals surface area (Å²) in [6.45, 7) is 13.8. The summed E-state index contributed by atoms with van der Waals surface area (Å²) in [4.78, 5) is 59.2. The maximum absolute atomic E-state index is 13.3. The zero-order valence-electron chi connectivity index (χ0n) is 24.9. The number of carbonyl (C=O) groups excluding carboxylic acids is 4. The molecule has 2 unspecified atom stereocenters. The van der Waals surface area contributed by atoms with Crippen LogP contribution in [-0.2, 0) is 19.2 Å². The maximum atomic E-state index is 13.3. The number of carbonyl (C=O) groups is 4. The van der Waals surface area contributed by atoms with Gasteiger partial charge >= 0.3 is 0 Å². The topological polar surface area (TPSA) is 124 Å². The van der Waals surface area contributed by atoms with E-state index in [1.807, 2.05) is 58.0 Å². The zero-order chi connectivity index (χ0) is 30.8. The van der Waals surface area contributed by atoms with Crippen molar-refractivity contribution in [1.29, 1.82) is 0 Å². The zero-order valence-corrected chi connectivity index (χ0v) is 26.5. The van der Waals surface area contributed by atoms with Crippen molar-refractivity contribution in [3.05, 3.63) is 53.2 Å². The Labute approximate surface area is 255 Å². The highest BCUT2D eigenvalue weighted by atomic mass is 79.9. The van der Waals surface area contributed by atoms with E-state index in [-0.39, 0.29) is 35.6 Å². The molecule has 2 aliphatic heterocycles. The molecule has 11 heteroatoms. The smallest absolute Gasteiger partial charge is 0.258 e. The SMILES string of the molecule is C=CC1(C)CCN([C@H](C(=O)N[C@@H](C)C(=O)N2CCCC(C(=O)N[C@H](C)c3ccc4ccc(Br)cc4n3)N2)C(C)C)C1=O. The first-order valence-corrected chi connectivity index (χ1v) is 15.3. The highest BCUT2D eigenvalue weighted by Crippen LogP contribution is 2.35. The van der Waals surface area contributed by atoms with Gasteiger partial charge in [-0.25, -0.2) is 5.43 Å². The van der Waals surface area contributed by atoms with Gasteiger partial charge < -0.3 is 15.5 Å². The molecule has 0 saturated carbocycles. The normalized spacial score (nSPS) is 23.0. The average molecular weight is 642 g/mol. The van der Waals surface area contributed by atoms with E-state index < -0.39 is 23.5 Å². The standard InChI is InChI=1S/C31H41BrN6O4/c1-7-31(6)14-16-37(30(31)42)26(18(2)3)28(40)34-20(5)29(41)38-15-8-9-24(36-38)27(39)33-19(4)23-13-11-21-10-12-22(32)17-25(21)35-23/h7,10-13,17-20,24,26,36H,1,8-9,14-16H2,2-6H3,(H,33,39)(H,34,40)/t19-,20+,24?,26+,31?/m1/s1. The van der Waals surface area contributed by atoms with Crippen LogP contribution < -0.4 is 16.1 Å². The number of amides is 4. The van der Waals surface area contributed by atoms with Gasteiger partial charge in [-0.1, -0.05) is 48.0 Å². The lowest BCUT2D eigenvalue weighted by Crippen LogP contribution is -2.62. The van der Waals surface area contributed by atoms with Gasteiger partial charge in [-0.2, -0.15) is 0 Å². The fourth-order valence-corrected chi connectivity index (χ4v) is 5.96. The first kappa shape index (κ1) is 31.6. The molecule has 0 aliphatic carbocycles. The van der Waals surface area contributed by atoms with Gasteiger partial charge in [-0.05, 0) is 64.2 Å². The lowest BCUT2D eigenvalue weighted by molar-refractivity contribution is -0.146. The van der Waals surface area contributed by atoms with E-state index in [4.69, 9.17) is 4.98 Å². The Hall–Kier alpha value is -3.31. The third kappa shape index (κ3) is 6.67. The molecule has 1 aromatic heterocycles. The van der Waals surface area contributed by atoms with Gasteiger partial charge in [-0.3, -0.25) is 29.2 Å². The number of hydrazine groups is 1. The van der Waals surface area contributed by atoms with Crippen molar-refractivity contribution >= 4 is 50.5 Å². The van der Waals surface area contributed by atoms with Crippen molar-refractivity contribution < 1.29 is 19.2 Å². The van der Waals surface area contributed by atoms with Gasteiger partial charge in [0.2, 0.25) is 17.7 Å². The Morgan fingerprint density at radius 1 is 1.14 bits per heavy atom. The van der Waals surface area contributed by atoms with Gasteiger partial charge in [-0.15, -0.1) is 6.58 Å². The number of rotatable bonds is 9. The molecule has 2 fully saturated rings. The number of halogens is 1. The van der Waals surface area contributed by atoms with Crippen LogP contribution in [0.25, 0.3) is 10.9 Å². The van der Waals surface area contributed by atoms with Crippen LogP contribution in [-0.4, -0.2) is 69.7 Å². The highest BCUT2D eigenvalue weighted by molar-refractivity contribution is 9.10. The number of nitrogens with zero attached hydrogens (tertiary/aromatic N) is 3. The summed E-state index contributed by atoms with van der Waals surface area (Å²) >= 11 is 3.47. The summed E-state index contributed by atoms with van der Waals surface area (Å²) in [7, 11) is 0. The Bertz CT molecular complexity index is 1380. The second-order valence-electron chi connectivity index (χ2n) is 11.9. The Balaban J connectivity index is 1.35. The van der Waals surface area contributed by atoms with Crippen molar-refractivity contribution in [1.82, 2.24) is 31.0 Å². The summed E-state index contributed by atoms with van der Waals surface area (Å²) < 4.78 is 0.929. The van der Waals surface area contributed by atoms with E-state index >= 15 is 0 Å². The highest BCUT2D eigenvalue weighted by Gasteiger charge is 2.46.